The summed E-state index contributed by atoms with van der Waals surface area (Å²) in [7, 11) is 0. The number of carbonyl (C=O) groups is 1. The van der Waals surface area contributed by atoms with Gasteiger partial charge in [0.25, 0.3) is 5.56 Å². The SMILES string of the molecule is O=C(Cn1ncn2nc(-c3cccs3)cc2c1=O)NCc1ccc(F)cc1. The van der Waals surface area contributed by atoms with Gasteiger partial charge in [-0.2, -0.15) is 10.2 Å². The number of aromatic nitrogens is 4. The van der Waals surface area contributed by atoms with Crippen LogP contribution in [0.4, 0.5) is 4.39 Å². The van der Waals surface area contributed by atoms with E-state index in [0.717, 1.165) is 15.1 Å². The standard InChI is InChI=1S/C18H14FN5O2S/c19-13-5-3-12(4-6-13)9-20-17(25)10-23-18(26)15-8-14(16-2-1-7-27-16)22-24(15)11-21-23/h1-8,11H,9-10H2,(H,20,25). The van der Waals surface area contributed by atoms with Gasteiger partial charge in [0.1, 0.15) is 29.9 Å². The van der Waals surface area contributed by atoms with Gasteiger partial charge in [-0.25, -0.2) is 13.6 Å². The highest BCUT2D eigenvalue weighted by Crippen LogP contribution is 2.23. The zero-order chi connectivity index (χ0) is 18.8. The van der Waals surface area contributed by atoms with Crippen LogP contribution in [0.5, 0.6) is 0 Å². The molecule has 0 fully saturated rings. The lowest BCUT2D eigenvalue weighted by molar-refractivity contribution is -0.122. The second kappa shape index (κ2) is 7.12. The quantitative estimate of drug-likeness (QED) is 0.572. The summed E-state index contributed by atoms with van der Waals surface area (Å²) in [6.07, 6.45) is 1.40. The van der Waals surface area contributed by atoms with Crippen LogP contribution in [0.1, 0.15) is 5.56 Å². The van der Waals surface area contributed by atoms with Crippen molar-refractivity contribution in [1.82, 2.24) is 24.7 Å². The first-order valence-corrected chi connectivity index (χ1v) is 8.98. The van der Waals surface area contributed by atoms with Crippen LogP contribution in [-0.4, -0.2) is 25.3 Å². The lowest BCUT2D eigenvalue weighted by Crippen LogP contribution is -2.34. The summed E-state index contributed by atoms with van der Waals surface area (Å²) in [5, 5.41) is 13.0. The van der Waals surface area contributed by atoms with E-state index >= 15 is 0 Å². The van der Waals surface area contributed by atoms with Gasteiger partial charge in [0.2, 0.25) is 5.91 Å². The molecule has 1 amide bonds. The van der Waals surface area contributed by atoms with Gasteiger partial charge in [0, 0.05) is 6.54 Å². The topological polar surface area (TPSA) is 81.3 Å². The highest BCUT2D eigenvalue weighted by atomic mass is 32.1. The highest BCUT2D eigenvalue weighted by Gasteiger charge is 2.12. The number of nitrogens with one attached hydrogen (secondary N) is 1. The molecule has 0 radical (unpaired) electrons. The Kier molecular flexibility index (Phi) is 4.51. The van der Waals surface area contributed by atoms with Gasteiger partial charge in [0.15, 0.2) is 0 Å². The molecule has 0 saturated carbocycles. The Morgan fingerprint density at radius 2 is 2.04 bits per heavy atom. The van der Waals surface area contributed by atoms with Crippen LogP contribution in [0.2, 0.25) is 0 Å². The third-order valence-electron chi connectivity index (χ3n) is 3.96. The van der Waals surface area contributed by atoms with E-state index in [-0.39, 0.29) is 24.8 Å². The Morgan fingerprint density at radius 1 is 1.22 bits per heavy atom. The van der Waals surface area contributed by atoms with Crippen molar-refractivity contribution >= 4 is 22.8 Å². The molecule has 0 saturated heterocycles. The molecule has 0 aliphatic rings. The lowest BCUT2D eigenvalue weighted by atomic mass is 10.2. The van der Waals surface area contributed by atoms with Crippen molar-refractivity contribution in [3.63, 3.8) is 0 Å². The normalized spacial score (nSPS) is 11.0. The first kappa shape index (κ1) is 17.1. The Morgan fingerprint density at radius 3 is 2.78 bits per heavy atom. The zero-order valence-corrected chi connectivity index (χ0v) is 14.8. The minimum absolute atomic E-state index is 0.212. The van der Waals surface area contributed by atoms with E-state index < -0.39 is 5.56 Å². The number of rotatable bonds is 5. The van der Waals surface area contributed by atoms with Crippen molar-refractivity contribution in [2.75, 3.05) is 0 Å². The molecule has 0 aliphatic heterocycles. The second-order valence-electron chi connectivity index (χ2n) is 5.83. The summed E-state index contributed by atoms with van der Waals surface area (Å²) >= 11 is 1.52. The molecule has 27 heavy (non-hydrogen) atoms. The van der Waals surface area contributed by atoms with E-state index in [0.29, 0.717) is 11.2 Å². The molecule has 1 aromatic carbocycles. The molecule has 136 valence electrons. The number of amides is 1. The van der Waals surface area contributed by atoms with E-state index in [4.69, 9.17) is 0 Å². The monoisotopic (exact) mass is 383 g/mol. The minimum atomic E-state index is -0.398. The number of carbonyl (C=O) groups excluding carboxylic acids is 1. The van der Waals surface area contributed by atoms with Crippen LogP contribution in [0.3, 0.4) is 0 Å². The third kappa shape index (κ3) is 3.63. The van der Waals surface area contributed by atoms with Crippen molar-refractivity contribution in [1.29, 1.82) is 0 Å². The molecule has 7 nitrogen and oxygen atoms in total. The summed E-state index contributed by atoms with van der Waals surface area (Å²) in [6.45, 7) is 0.0291. The average molecular weight is 383 g/mol. The molecule has 9 heteroatoms. The number of benzene rings is 1. The third-order valence-corrected chi connectivity index (χ3v) is 4.85. The van der Waals surface area contributed by atoms with Crippen molar-refractivity contribution in [2.24, 2.45) is 0 Å². The van der Waals surface area contributed by atoms with Gasteiger partial charge in [-0.05, 0) is 35.2 Å². The minimum Gasteiger partial charge on any atom is -0.350 e. The molecule has 0 aliphatic carbocycles. The number of fused-ring (bicyclic) bond motifs is 1. The Hall–Kier alpha value is -3.33. The predicted octanol–water partition coefficient (Wildman–Crippen LogP) is 2.08. The Balaban J connectivity index is 1.50. The molecule has 0 unspecified atom stereocenters. The van der Waals surface area contributed by atoms with Crippen molar-refractivity contribution in [3.8, 4) is 10.6 Å². The van der Waals surface area contributed by atoms with Crippen molar-refractivity contribution in [2.45, 2.75) is 13.1 Å². The average Bonchev–Trinajstić information content (AvgIpc) is 3.33. The Bertz CT molecular complexity index is 1150. The van der Waals surface area contributed by atoms with Gasteiger partial charge >= 0.3 is 0 Å². The fraction of sp³-hybridized carbons (Fsp3) is 0.111. The van der Waals surface area contributed by atoms with E-state index in [9.17, 15) is 14.0 Å². The highest BCUT2D eigenvalue weighted by molar-refractivity contribution is 7.13. The van der Waals surface area contributed by atoms with Gasteiger partial charge in [-0.15, -0.1) is 11.3 Å². The molecule has 0 atom stereocenters. The number of hydrogen-bond donors (Lipinski definition) is 1. The van der Waals surface area contributed by atoms with E-state index in [1.54, 1.807) is 18.2 Å². The molecule has 0 spiro atoms. The van der Waals surface area contributed by atoms with Crippen LogP contribution in [0, 0.1) is 5.82 Å². The molecule has 1 N–H and O–H groups in total. The fourth-order valence-corrected chi connectivity index (χ4v) is 3.27. The van der Waals surface area contributed by atoms with Crippen LogP contribution in [-0.2, 0) is 17.9 Å². The van der Waals surface area contributed by atoms with Gasteiger partial charge in [-0.3, -0.25) is 9.59 Å². The number of nitrogens with zero attached hydrogens (tertiary/aromatic N) is 4. The number of halogens is 1. The van der Waals surface area contributed by atoms with Gasteiger partial charge in [0.05, 0.1) is 4.88 Å². The molecule has 4 aromatic rings. The van der Waals surface area contributed by atoms with Crippen molar-refractivity contribution in [3.05, 3.63) is 75.9 Å². The maximum Gasteiger partial charge on any atom is 0.293 e. The van der Waals surface area contributed by atoms with E-state index in [2.05, 4.69) is 15.5 Å². The maximum atomic E-state index is 12.9. The van der Waals surface area contributed by atoms with Crippen LogP contribution in [0.25, 0.3) is 16.1 Å². The van der Waals surface area contributed by atoms with Crippen LogP contribution in [0.15, 0.2) is 59.0 Å². The molecule has 3 aromatic heterocycles. The summed E-state index contributed by atoms with van der Waals surface area (Å²) in [4.78, 5) is 25.7. The summed E-state index contributed by atoms with van der Waals surface area (Å²) < 4.78 is 15.4. The van der Waals surface area contributed by atoms with Gasteiger partial charge in [-0.1, -0.05) is 18.2 Å². The first-order valence-electron chi connectivity index (χ1n) is 8.11. The van der Waals surface area contributed by atoms with Crippen LogP contribution < -0.4 is 10.9 Å². The zero-order valence-electron chi connectivity index (χ0n) is 14.0. The Labute approximate surface area is 156 Å². The molecular formula is C18H14FN5O2S. The van der Waals surface area contributed by atoms with E-state index in [1.807, 2.05) is 17.5 Å². The molecular weight excluding hydrogens is 369 g/mol. The summed E-state index contributed by atoms with van der Waals surface area (Å²) in [5.41, 5.74) is 1.39. The molecule has 0 bridgehead atoms. The van der Waals surface area contributed by atoms with Crippen molar-refractivity contribution < 1.29 is 9.18 Å². The fourth-order valence-electron chi connectivity index (χ4n) is 2.59. The smallest absolute Gasteiger partial charge is 0.293 e. The first-order chi connectivity index (χ1) is 13.1. The summed E-state index contributed by atoms with van der Waals surface area (Å²) in [6, 6.07) is 11.3. The largest absolute Gasteiger partial charge is 0.350 e. The lowest BCUT2D eigenvalue weighted by Gasteiger charge is -2.07. The number of thiophene rings is 1. The molecule has 3 heterocycles. The second-order valence-corrected chi connectivity index (χ2v) is 6.78. The molecule has 4 rings (SSSR count). The maximum absolute atomic E-state index is 12.9. The summed E-state index contributed by atoms with van der Waals surface area (Å²) in [5.74, 6) is -0.701. The predicted molar refractivity (Wildman–Crippen MR) is 98.8 cm³/mol. The van der Waals surface area contributed by atoms with E-state index in [1.165, 1.54) is 34.3 Å². The van der Waals surface area contributed by atoms with Crippen LogP contribution >= 0.6 is 11.3 Å². The number of hydrogen-bond acceptors (Lipinski definition) is 5. The van der Waals surface area contributed by atoms with Gasteiger partial charge < -0.3 is 5.32 Å².